The van der Waals surface area contributed by atoms with Crippen molar-refractivity contribution in [2.24, 2.45) is 0 Å². The average Bonchev–Trinajstić information content (AvgIpc) is 2.87. The molecule has 0 aliphatic heterocycles. The summed E-state index contributed by atoms with van der Waals surface area (Å²) in [6, 6.07) is 6.36. The molecule has 0 saturated heterocycles. The van der Waals surface area contributed by atoms with Crippen LogP contribution in [0.3, 0.4) is 0 Å². The number of nitrogens with zero attached hydrogens (tertiary/aromatic N) is 3. The molecule has 0 aliphatic carbocycles. The number of aryl methyl sites for hydroxylation is 3. The summed E-state index contributed by atoms with van der Waals surface area (Å²) in [7, 11) is 0. The average molecular weight is 314 g/mol. The Bertz CT molecular complexity index is 688. The van der Waals surface area contributed by atoms with E-state index in [-0.39, 0.29) is 11.8 Å². The standard InChI is InChI=1S/C18H26N4O/c1-12(2)18-20-17(7-6-10-19-15(5)23)22(21-18)16-9-8-13(3)11-14(16)4/h8-9,11-12H,6-7,10H2,1-5H3,(H,19,23). The summed E-state index contributed by atoms with van der Waals surface area (Å²) in [6.07, 6.45) is 1.63. The molecule has 0 radical (unpaired) electrons. The number of nitrogens with one attached hydrogen (secondary N) is 1. The first-order valence-electron chi connectivity index (χ1n) is 8.16. The van der Waals surface area contributed by atoms with Crippen molar-refractivity contribution in [1.29, 1.82) is 0 Å². The van der Waals surface area contributed by atoms with E-state index in [1.165, 1.54) is 18.1 Å². The van der Waals surface area contributed by atoms with Crippen molar-refractivity contribution < 1.29 is 4.79 Å². The van der Waals surface area contributed by atoms with Gasteiger partial charge in [0.05, 0.1) is 5.69 Å². The maximum absolute atomic E-state index is 11.0. The summed E-state index contributed by atoms with van der Waals surface area (Å²) >= 11 is 0. The molecule has 1 N–H and O–H groups in total. The second kappa shape index (κ2) is 7.40. The largest absolute Gasteiger partial charge is 0.356 e. The van der Waals surface area contributed by atoms with Gasteiger partial charge in [0, 0.05) is 25.8 Å². The number of amides is 1. The first-order chi connectivity index (χ1) is 10.9. The lowest BCUT2D eigenvalue weighted by Crippen LogP contribution is -2.21. The number of hydrogen-bond donors (Lipinski definition) is 1. The van der Waals surface area contributed by atoms with Gasteiger partial charge in [-0.25, -0.2) is 9.67 Å². The maximum atomic E-state index is 11.0. The Morgan fingerprint density at radius 3 is 2.65 bits per heavy atom. The minimum absolute atomic E-state index is 0.00344. The van der Waals surface area contributed by atoms with Crippen LogP contribution >= 0.6 is 0 Å². The molecule has 0 atom stereocenters. The van der Waals surface area contributed by atoms with Gasteiger partial charge in [-0.15, -0.1) is 0 Å². The Morgan fingerprint density at radius 2 is 2.04 bits per heavy atom. The molecule has 1 aromatic heterocycles. The highest BCUT2D eigenvalue weighted by Crippen LogP contribution is 2.19. The summed E-state index contributed by atoms with van der Waals surface area (Å²) in [6.45, 7) is 10.6. The number of aromatic nitrogens is 3. The lowest BCUT2D eigenvalue weighted by molar-refractivity contribution is -0.118. The maximum Gasteiger partial charge on any atom is 0.216 e. The van der Waals surface area contributed by atoms with Crippen LogP contribution in [0, 0.1) is 13.8 Å². The fourth-order valence-corrected chi connectivity index (χ4v) is 2.52. The SMILES string of the molecule is CC(=O)NCCCc1nc(C(C)C)nn1-c1ccc(C)cc1C. The highest BCUT2D eigenvalue weighted by molar-refractivity contribution is 5.72. The lowest BCUT2D eigenvalue weighted by Gasteiger charge is -2.10. The van der Waals surface area contributed by atoms with E-state index >= 15 is 0 Å². The van der Waals surface area contributed by atoms with Crippen molar-refractivity contribution in [2.75, 3.05) is 6.54 Å². The van der Waals surface area contributed by atoms with Gasteiger partial charge < -0.3 is 5.32 Å². The van der Waals surface area contributed by atoms with E-state index in [1.807, 2.05) is 4.68 Å². The van der Waals surface area contributed by atoms with Crippen LogP contribution in [0.2, 0.25) is 0 Å². The lowest BCUT2D eigenvalue weighted by atomic mass is 10.1. The third-order valence-corrected chi connectivity index (χ3v) is 3.74. The Labute approximate surface area is 138 Å². The highest BCUT2D eigenvalue weighted by Gasteiger charge is 2.15. The zero-order chi connectivity index (χ0) is 17.0. The zero-order valence-corrected chi connectivity index (χ0v) is 14.7. The van der Waals surface area contributed by atoms with Crippen molar-refractivity contribution in [3.05, 3.63) is 41.0 Å². The van der Waals surface area contributed by atoms with Gasteiger partial charge in [0.15, 0.2) is 5.82 Å². The van der Waals surface area contributed by atoms with Crippen LogP contribution < -0.4 is 5.32 Å². The molecule has 1 aromatic carbocycles. The van der Waals surface area contributed by atoms with Crippen molar-refractivity contribution in [2.45, 2.75) is 53.4 Å². The van der Waals surface area contributed by atoms with Gasteiger partial charge in [-0.3, -0.25) is 4.79 Å². The Hall–Kier alpha value is -2.17. The van der Waals surface area contributed by atoms with Gasteiger partial charge in [-0.1, -0.05) is 31.5 Å². The van der Waals surface area contributed by atoms with Crippen LogP contribution in [-0.2, 0) is 11.2 Å². The number of benzene rings is 1. The molecule has 0 aliphatic rings. The molecule has 1 heterocycles. The number of hydrogen-bond acceptors (Lipinski definition) is 3. The predicted molar refractivity (Wildman–Crippen MR) is 91.9 cm³/mol. The fraction of sp³-hybridized carbons (Fsp3) is 0.500. The normalized spacial score (nSPS) is 11.0. The summed E-state index contributed by atoms with van der Waals surface area (Å²) in [5.74, 6) is 2.10. The number of carbonyl (C=O) groups excluding carboxylic acids is 1. The molecule has 5 nitrogen and oxygen atoms in total. The summed E-state index contributed by atoms with van der Waals surface area (Å²) < 4.78 is 1.96. The summed E-state index contributed by atoms with van der Waals surface area (Å²) in [5, 5.41) is 7.53. The van der Waals surface area contributed by atoms with Crippen molar-refractivity contribution in [1.82, 2.24) is 20.1 Å². The first kappa shape index (κ1) is 17.2. The molecule has 0 unspecified atom stereocenters. The van der Waals surface area contributed by atoms with Gasteiger partial charge in [0.2, 0.25) is 5.91 Å². The second-order valence-corrected chi connectivity index (χ2v) is 6.33. The van der Waals surface area contributed by atoms with Crippen LogP contribution in [-0.4, -0.2) is 27.2 Å². The molecule has 5 heteroatoms. The summed E-state index contributed by atoms with van der Waals surface area (Å²) in [5.41, 5.74) is 3.50. The van der Waals surface area contributed by atoms with E-state index in [2.05, 4.69) is 51.2 Å². The van der Waals surface area contributed by atoms with Gasteiger partial charge in [0.1, 0.15) is 5.82 Å². The van der Waals surface area contributed by atoms with Gasteiger partial charge in [-0.2, -0.15) is 5.10 Å². The van der Waals surface area contributed by atoms with E-state index in [9.17, 15) is 4.79 Å². The van der Waals surface area contributed by atoms with Crippen LogP contribution in [0.25, 0.3) is 5.69 Å². The van der Waals surface area contributed by atoms with Gasteiger partial charge in [0.25, 0.3) is 0 Å². The molecule has 2 rings (SSSR count). The van der Waals surface area contributed by atoms with E-state index in [4.69, 9.17) is 10.1 Å². The third kappa shape index (κ3) is 4.41. The van der Waals surface area contributed by atoms with E-state index in [0.29, 0.717) is 6.54 Å². The molecule has 124 valence electrons. The fourth-order valence-electron chi connectivity index (χ4n) is 2.52. The third-order valence-electron chi connectivity index (χ3n) is 3.74. The monoisotopic (exact) mass is 314 g/mol. The smallest absolute Gasteiger partial charge is 0.216 e. The van der Waals surface area contributed by atoms with E-state index in [0.717, 1.165) is 30.2 Å². The first-order valence-corrected chi connectivity index (χ1v) is 8.16. The Kier molecular flexibility index (Phi) is 5.53. The van der Waals surface area contributed by atoms with Crippen molar-refractivity contribution >= 4 is 5.91 Å². The van der Waals surface area contributed by atoms with Gasteiger partial charge >= 0.3 is 0 Å². The minimum Gasteiger partial charge on any atom is -0.356 e. The van der Waals surface area contributed by atoms with E-state index in [1.54, 1.807) is 0 Å². The molecular formula is C18H26N4O. The predicted octanol–water partition coefficient (Wildman–Crippen LogP) is 3.08. The quantitative estimate of drug-likeness (QED) is 0.834. The Balaban J connectivity index is 2.27. The molecule has 0 spiro atoms. The van der Waals surface area contributed by atoms with Crippen LogP contribution in [0.1, 0.15) is 55.9 Å². The van der Waals surface area contributed by atoms with E-state index < -0.39 is 0 Å². The molecule has 0 bridgehead atoms. The molecule has 1 amide bonds. The zero-order valence-electron chi connectivity index (χ0n) is 14.7. The second-order valence-electron chi connectivity index (χ2n) is 6.33. The topological polar surface area (TPSA) is 59.8 Å². The van der Waals surface area contributed by atoms with Crippen molar-refractivity contribution in [3.63, 3.8) is 0 Å². The molecule has 2 aromatic rings. The molecule has 0 fully saturated rings. The van der Waals surface area contributed by atoms with Crippen LogP contribution in [0.5, 0.6) is 0 Å². The van der Waals surface area contributed by atoms with Crippen LogP contribution in [0.4, 0.5) is 0 Å². The number of carbonyl (C=O) groups is 1. The van der Waals surface area contributed by atoms with Crippen molar-refractivity contribution in [3.8, 4) is 5.69 Å². The van der Waals surface area contributed by atoms with Gasteiger partial charge in [-0.05, 0) is 31.9 Å². The molecule has 23 heavy (non-hydrogen) atoms. The Morgan fingerprint density at radius 1 is 1.30 bits per heavy atom. The van der Waals surface area contributed by atoms with Crippen LogP contribution in [0.15, 0.2) is 18.2 Å². The summed E-state index contributed by atoms with van der Waals surface area (Å²) in [4.78, 5) is 15.7. The molecule has 0 saturated carbocycles. The minimum atomic E-state index is 0.00344. The molecular weight excluding hydrogens is 288 g/mol. The number of rotatable bonds is 6. The highest BCUT2D eigenvalue weighted by atomic mass is 16.1.